The number of aliphatic hydroxyl groups is 3. The summed E-state index contributed by atoms with van der Waals surface area (Å²) in [4.78, 5) is 28.0. The van der Waals surface area contributed by atoms with Crippen molar-refractivity contribution < 1.29 is 101 Å². The summed E-state index contributed by atoms with van der Waals surface area (Å²) < 4.78 is 108. The van der Waals surface area contributed by atoms with Gasteiger partial charge in [-0.15, -0.1) is 0 Å². The van der Waals surface area contributed by atoms with E-state index in [0.29, 0.717) is 88.9 Å². The number of aliphatic hydroxyl groups excluding tert-OH is 3. The fourth-order valence-corrected chi connectivity index (χ4v) is 22.6. The molecule has 0 aliphatic carbocycles. The third-order valence-corrected chi connectivity index (χ3v) is 28.5. The third-order valence-electron chi connectivity index (χ3n) is 28.5. The van der Waals surface area contributed by atoms with Gasteiger partial charge in [-0.05, 0) is 161 Å². The number of hydrogen-bond donors (Lipinski definition) is 3. The Balaban J connectivity index is 0.000000152. The molecular formula is C81H118O21. The van der Waals surface area contributed by atoms with Crippen molar-refractivity contribution in [3.8, 4) is 0 Å². The van der Waals surface area contributed by atoms with Crippen LogP contribution in [0.2, 0.25) is 0 Å². The number of ether oxygens (including phenoxy) is 16. The van der Waals surface area contributed by atoms with E-state index >= 15 is 0 Å². The van der Waals surface area contributed by atoms with Crippen molar-refractivity contribution in [2.75, 3.05) is 6.61 Å². The van der Waals surface area contributed by atoms with Crippen LogP contribution in [0, 0.1) is 35.5 Å². The number of ketones is 2. The van der Waals surface area contributed by atoms with Crippen LogP contribution >= 0.6 is 0 Å². The second-order valence-electron chi connectivity index (χ2n) is 35.3. The van der Waals surface area contributed by atoms with Gasteiger partial charge >= 0.3 is 0 Å². The molecule has 20 aliphatic heterocycles. The molecule has 21 nitrogen and oxygen atoms in total. The van der Waals surface area contributed by atoms with Gasteiger partial charge in [-0.2, -0.15) is 0 Å². The molecule has 24 bridgehead atoms. The van der Waals surface area contributed by atoms with Gasteiger partial charge in [0.2, 0.25) is 0 Å². The Labute approximate surface area is 603 Å². The highest BCUT2D eigenvalue weighted by molar-refractivity contribution is 5.79. The molecule has 20 heterocycles. The SMILES string of the molecule is C=C1C[C@@H]2CCC34C[C@H]5O[C@H]6[C@@H](O3)[C@H]3OC(CC[C@@H]3O[C@H]6C5O4)CC(=O)C[C@@H]3[C@@H](C)[C@@H](C[C@H](O)CC)O[C@H]3CC3O[C@@H](CCC1O2)C[C@@H](C)C3=C.C=C1C[C@@H]2CCC34C[C@H]5O[C@H]6[C@@H](O3)[C@H]3OC(CC[C@@H]3O[C@H]6C5O4)CC(=O)C[C@@H]3[C@@H](C)[C@@H](C[C@H](O)CO)O[C@H]3CC3O[C@@H](CCC1O2)C[C@@H](C)C3=C. The van der Waals surface area contributed by atoms with Gasteiger partial charge in [0, 0.05) is 70.6 Å². The lowest BCUT2D eigenvalue weighted by molar-refractivity contribution is -0.292. The highest BCUT2D eigenvalue weighted by Crippen LogP contribution is 2.57. The second-order valence-corrected chi connectivity index (χ2v) is 35.3. The maximum absolute atomic E-state index is 14.0. The zero-order valence-electron chi connectivity index (χ0n) is 61.1. The average molecular weight is 1430 g/mol. The van der Waals surface area contributed by atoms with Crippen molar-refractivity contribution in [3.63, 3.8) is 0 Å². The molecule has 0 aromatic rings. The average Bonchev–Trinajstić information content (AvgIpc) is 1.54. The zero-order chi connectivity index (χ0) is 70.4. The molecular weight excluding hydrogens is 1310 g/mol. The Hall–Kier alpha value is -2.46. The largest absolute Gasteiger partial charge is 0.394 e. The minimum atomic E-state index is -0.872. The topological polar surface area (TPSA) is 243 Å². The third kappa shape index (κ3) is 13.9. The fourth-order valence-electron chi connectivity index (χ4n) is 22.6. The van der Waals surface area contributed by atoms with Crippen LogP contribution in [0.3, 0.4) is 0 Å². The monoisotopic (exact) mass is 1430 g/mol. The number of rotatable bonds is 6. The minimum absolute atomic E-state index is 0.00894. The van der Waals surface area contributed by atoms with Crippen molar-refractivity contribution >= 4 is 11.6 Å². The first-order chi connectivity index (χ1) is 49.1. The Kier molecular flexibility index (Phi) is 20.6. The van der Waals surface area contributed by atoms with Crippen LogP contribution in [-0.2, 0) is 85.4 Å². The summed E-state index contributed by atoms with van der Waals surface area (Å²) in [5, 5.41) is 30.6. The summed E-state index contributed by atoms with van der Waals surface area (Å²) in [7, 11) is 0. The summed E-state index contributed by atoms with van der Waals surface area (Å²) in [5.41, 5.74) is 4.49. The van der Waals surface area contributed by atoms with Crippen LogP contribution < -0.4 is 0 Å². The molecule has 0 amide bonds. The molecule has 3 N–H and O–H groups in total. The predicted molar refractivity (Wildman–Crippen MR) is 369 cm³/mol. The van der Waals surface area contributed by atoms with Gasteiger partial charge < -0.3 is 91.1 Å². The molecule has 20 rings (SSSR count). The quantitative estimate of drug-likeness (QED) is 0.210. The Morgan fingerprint density at radius 2 is 0.784 bits per heavy atom. The van der Waals surface area contributed by atoms with Crippen molar-refractivity contribution in [1.82, 2.24) is 0 Å². The molecule has 2 spiro atoms. The lowest BCUT2D eigenvalue weighted by Crippen LogP contribution is -2.61. The summed E-state index contributed by atoms with van der Waals surface area (Å²) in [6, 6.07) is 0. The van der Waals surface area contributed by atoms with Crippen molar-refractivity contribution in [2.45, 2.75) is 403 Å². The molecule has 20 saturated heterocycles. The van der Waals surface area contributed by atoms with E-state index in [1.54, 1.807) is 0 Å². The Morgan fingerprint density at radius 3 is 1.23 bits per heavy atom. The first-order valence-corrected chi connectivity index (χ1v) is 40.4. The normalized spacial score (nSPS) is 53.2. The van der Waals surface area contributed by atoms with E-state index in [0.717, 1.165) is 119 Å². The van der Waals surface area contributed by atoms with Crippen molar-refractivity contribution in [3.05, 3.63) is 48.6 Å². The van der Waals surface area contributed by atoms with Gasteiger partial charge in [-0.1, -0.05) is 60.9 Å². The zero-order valence-corrected chi connectivity index (χ0v) is 61.1. The number of hydrogen-bond acceptors (Lipinski definition) is 21. The highest BCUT2D eigenvalue weighted by Gasteiger charge is 2.71. The summed E-state index contributed by atoms with van der Waals surface area (Å²) >= 11 is 0. The van der Waals surface area contributed by atoms with E-state index < -0.39 is 23.8 Å². The van der Waals surface area contributed by atoms with Gasteiger partial charge in [0.1, 0.15) is 72.6 Å². The molecule has 10 unspecified atom stereocenters. The van der Waals surface area contributed by atoms with Crippen molar-refractivity contribution in [2.24, 2.45) is 35.5 Å². The van der Waals surface area contributed by atoms with E-state index in [-0.39, 0.29) is 213 Å². The Bertz CT molecular complexity index is 2910. The maximum atomic E-state index is 14.0. The number of carbonyl (C=O) groups is 2. The minimum Gasteiger partial charge on any atom is -0.394 e. The van der Waals surface area contributed by atoms with E-state index in [4.69, 9.17) is 75.8 Å². The summed E-state index contributed by atoms with van der Waals surface area (Å²) in [6.45, 7) is 28.3. The molecule has 0 saturated carbocycles. The molecule has 102 heavy (non-hydrogen) atoms. The molecule has 21 heteroatoms. The molecule has 20 aliphatic rings. The van der Waals surface area contributed by atoms with Crippen molar-refractivity contribution in [1.29, 1.82) is 0 Å². The van der Waals surface area contributed by atoms with E-state index in [9.17, 15) is 24.9 Å². The second kappa shape index (κ2) is 29.1. The fraction of sp³-hybridized carbons (Fsp3) is 0.877. The van der Waals surface area contributed by atoms with Crippen LogP contribution in [-0.4, -0.2) is 228 Å². The smallest absolute Gasteiger partial charge is 0.172 e. The van der Waals surface area contributed by atoms with Crippen LogP contribution in [0.1, 0.15) is 208 Å². The van der Waals surface area contributed by atoms with Crippen LogP contribution in [0.25, 0.3) is 0 Å². The lowest BCUT2D eigenvalue weighted by atomic mass is 9.78. The van der Waals surface area contributed by atoms with Crippen LogP contribution in [0.15, 0.2) is 48.6 Å². The molecule has 0 aromatic carbocycles. The summed E-state index contributed by atoms with van der Waals surface area (Å²) in [6.07, 6.45) is 13.5. The lowest BCUT2D eigenvalue weighted by Gasteiger charge is -2.47. The highest BCUT2D eigenvalue weighted by atomic mass is 16.8. The maximum Gasteiger partial charge on any atom is 0.172 e. The first kappa shape index (κ1) is 72.4. The molecule has 20 fully saturated rings. The van der Waals surface area contributed by atoms with E-state index in [1.165, 1.54) is 0 Å². The van der Waals surface area contributed by atoms with E-state index in [1.807, 2.05) is 6.92 Å². The molecule has 38 atom stereocenters. The summed E-state index contributed by atoms with van der Waals surface area (Å²) in [5.74, 6) is -0.444. The first-order valence-electron chi connectivity index (χ1n) is 40.4. The predicted octanol–water partition coefficient (Wildman–Crippen LogP) is 9.60. The van der Waals surface area contributed by atoms with Gasteiger partial charge in [0.25, 0.3) is 0 Å². The standard InChI is InChI=1S/C41H60O10.C40H58O11/c1-6-24(42)17-32-23(5)29-16-25(43)15-27-8-10-31-36(46-27)40-39-38(48-31)37-35(49-39)19-41(50-37,51-40)12-11-28-14-21(3)30(44-28)9-7-26-13-20(2)22(4)33(45-26)18-34(29)47-32;1-19-11-25-5-7-29-20(2)12-27(44-29)9-10-40-17-34-36(50-40)37-38(49-34)39(51-40)35-30(48-37)8-6-26(46-35)13-23(42)14-28-22(4)31(15-24(43)18-41)47-33(28)16-32(45-25)21(19)3/h20,23-24,26-40,42H,3-4,6-19H2,1-2,5H3;19,22,24-39,41,43H,2-3,5-18H2,1,4H3/t20-,23-,24-,26+,27?,28+,29-,30?,31+,32-,33?,34+,35-,36+,37?,38+,39-,40+,41?;19-,22-,24+,25+,26?,27+,28-,29?,30+,31-,32?,33+,34-,35+,36?,37+,38-,39+,40?/m11/s1. The van der Waals surface area contributed by atoms with Gasteiger partial charge in [-0.25, -0.2) is 0 Å². The number of Topliss-reactive ketones (excluding diaryl/α,β-unsaturated/α-hetero) is 2. The Morgan fingerprint density at radius 1 is 0.392 bits per heavy atom. The van der Waals surface area contributed by atoms with Gasteiger partial charge in [0.15, 0.2) is 11.6 Å². The molecule has 568 valence electrons. The molecule has 0 radical (unpaired) electrons. The van der Waals surface area contributed by atoms with E-state index in [2.05, 4.69) is 54.0 Å². The number of fused-ring (bicyclic) bond motifs is 12. The van der Waals surface area contributed by atoms with Crippen LogP contribution in [0.5, 0.6) is 0 Å². The van der Waals surface area contributed by atoms with Gasteiger partial charge in [-0.3, -0.25) is 9.59 Å². The molecule has 0 aromatic heterocycles. The van der Waals surface area contributed by atoms with Gasteiger partial charge in [0.05, 0.1) is 129 Å². The number of carbonyl (C=O) groups excluding carboxylic acids is 2. The van der Waals surface area contributed by atoms with Crippen LogP contribution in [0.4, 0.5) is 0 Å².